The average molecular weight is 393 g/mol. The molecule has 0 radical (unpaired) electrons. The highest BCUT2D eigenvalue weighted by atomic mass is 127. The molecule has 1 saturated carbocycles. The van der Waals surface area contributed by atoms with Crippen LogP contribution >= 0.6 is 24.0 Å². The van der Waals surface area contributed by atoms with Crippen molar-refractivity contribution < 1.29 is 4.74 Å². The highest BCUT2D eigenvalue weighted by Crippen LogP contribution is 2.47. The average Bonchev–Trinajstić information content (AvgIpc) is 3.03. The summed E-state index contributed by atoms with van der Waals surface area (Å²) in [6, 6.07) is 0. The fraction of sp³-hybridized carbons (Fsp3) is 0.933. The second-order valence-electron chi connectivity index (χ2n) is 6.42. The van der Waals surface area contributed by atoms with Crippen LogP contribution in [0.4, 0.5) is 0 Å². The third-order valence-electron chi connectivity index (χ3n) is 5.14. The summed E-state index contributed by atoms with van der Waals surface area (Å²) in [6.07, 6.45) is 9.69. The van der Waals surface area contributed by atoms with E-state index in [1.54, 1.807) is 0 Å². The largest absolute Gasteiger partial charge is 0.378 e. The van der Waals surface area contributed by atoms with Gasteiger partial charge >= 0.3 is 0 Å². The number of hydrogen-bond donors (Lipinski definition) is 1. The van der Waals surface area contributed by atoms with E-state index >= 15 is 0 Å². The van der Waals surface area contributed by atoms with Gasteiger partial charge in [-0.3, -0.25) is 4.99 Å². The van der Waals surface area contributed by atoms with Crippen molar-refractivity contribution in [3.05, 3.63) is 0 Å². The van der Waals surface area contributed by atoms with E-state index in [2.05, 4.69) is 15.2 Å². The lowest BCUT2D eigenvalue weighted by Crippen LogP contribution is -2.43. The summed E-state index contributed by atoms with van der Waals surface area (Å²) in [6.45, 7) is 4.33. The van der Waals surface area contributed by atoms with Crippen LogP contribution in [0.25, 0.3) is 0 Å². The van der Waals surface area contributed by atoms with Crippen LogP contribution in [0.2, 0.25) is 0 Å². The third kappa shape index (κ3) is 3.59. The monoisotopic (exact) mass is 393 g/mol. The van der Waals surface area contributed by atoms with Gasteiger partial charge in [-0.25, -0.2) is 0 Å². The number of likely N-dealkylation sites (tertiary alicyclic amines) is 1. The van der Waals surface area contributed by atoms with Crippen molar-refractivity contribution in [2.45, 2.75) is 51.0 Å². The first-order valence-corrected chi connectivity index (χ1v) is 7.89. The topological polar surface area (TPSA) is 36.9 Å². The second-order valence-corrected chi connectivity index (χ2v) is 6.42. The number of aliphatic imine (C=N–C) groups is 1. The number of rotatable bonds is 3. The quantitative estimate of drug-likeness (QED) is 0.455. The normalized spacial score (nSPS) is 28.4. The van der Waals surface area contributed by atoms with Crippen molar-refractivity contribution >= 4 is 29.9 Å². The molecule has 0 bridgehead atoms. The van der Waals surface area contributed by atoms with Crippen LogP contribution < -0.4 is 5.32 Å². The van der Waals surface area contributed by atoms with Gasteiger partial charge in [0.15, 0.2) is 5.96 Å². The minimum absolute atomic E-state index is 0. The molecule has 1 N–H and O–H groups in total. The van der Waals surface area contributed by atoms with Gasteiger partial charge in [0, 0.05) is 33.3 Å². The molecule has 1 atom stereocenters. The Bertz CT molecular complexity index is 338. The highest BCUT2D eigenvalue weighted by Gasteiger charge is 2.43. The third-order valence-corrected chi connectivity index (χ3v) is 5.14. The Kier molecular flexibility index (Phi) is 5.95. The lowest BCUT2D eigenvalue weighted by atomic mass is 9.68. The van der Waals surface area contributed by atoms with E-state index in [1.807, 2.05) is 7.05 Å². The number of guanidine groups is 1. The molecule has 3 fully saturated rings. The molecule has 1 unspecified atom stereocenters. The van der Waals surface area contributed by atoms with E-state index in [0.717, 1.165) is 25.5 Å². The molecule has 1 aliphatic carbocycles. The summed E-state index contributed by atoms with van der Waals surface area (Å²) in [5.41, 5.74) is 0.645. The van der Waals surface area contributed by atoms with Crippen LogP contribution in [-0.2, 0) is 4.74 Å². The van der Waals surface area contributed by atoms with Crippen molar-refractivity contribution in [3.63, 3.8) is 0 Å². The minimum Gasteiger partial charge on any atom is -0.378 e. The molecule has 0 aromatic carbocycles. The van der Waals surface area contributed by atoms with Crippen LogP contribution in [0.3, 0.4) is 0 Å². The fourth-order valence-electron chi connectivity index (χ4n) is 3.75. The molecule has 2 heterocycles. The van der Waals surface area contributed by atoms with Crippen molar-refractivity contribution in [3.8, 4) is 0 Å². The molecule has 116 valence electrons. The van der Waals surface area contributed by atoms with Gasteiger partial charge in [-0.15, -0.1) is 24.0 Å². The van der Waals surface area contributed by atoms with E-state index < -0.39 is 0 Å². The summed E-state index contributed by atoms with van der Waals surface area (Å²) in [4.78, 5) is 6.90. The second kappa shape index (κ2) is 7.29. The number of halogens is 1. The van der Waals surface area contributed by atoms with Gasteiger partial charge in [-0.1, -0.05) is 6.42 Å². The van der Waals surface area contributed by atoms with E-state index in [0.29, 0.717) is 11.5 Å². The molecule has 3 aliphatic rings. The summed E-state index contributed by atoms with van der Waals surface area (Å²) >= 11 is 0. The zero-order valence-electron chi connectivity index (χ0n) is 12.6. The molecule has 0 amide bonds. The van der Waals surface area contributed by atoms with Crippen molar-refractivity contribution in [2.24, 2.45) is 10.4 Å². The molecular weight excluding hydrogens is 365 g/mol. The van der Waals surface area contributed by atoms with Crippen molar-refractivity contribution in [1.82, 2.24) is 10.2 Å². The van der Waals surface area contributed by atoms with E-state index in [-0.39, 0.29) is 24.0 Å². The van der Waals surface area contributed by atoms with Gasteiger partial charge < -0.3 is 15.0 Å². The lowest BCUT2D eigenvalue weighted by molar-refractivity contribution is 0.105. The molecule has 0 aromatic heterocycles. The fourth-order valence-corrected chi connectivity index (χ4v) is 3.75. The van der Waals surface area contributed by atoms with Gasteiger partial charge in [-0.2, -0.15) is 0 Å². The zero-order chi connectivity index (χ0) is 13.1. The first kappa shape index (κ1) is 16.3. The lowest BCUT2D eigenvalue weighted by Gasteiger charge is -2.38. The number of ether oxygens (including phenoxy) is 1. The molecule has 4 nitrogen and oxygen atoms in total. The summed E-state index contributed by atoms with van der Waals surface area (Å²) in [7, 11) is 1.90. The summed E-state index contributed by atoms with van der Waals surface area (Å²) in [5.74, 6) is 1.10. The maximum absolute atomic E-state index is 5.66. The van der Waals surface area contributed by atoms with Crippen LogP contribution in [0.5, 0.6) is 0 Å². The highest BCUT2D eigenvalue weighted by molar-refractivity contribution is 14.0. The van der Waals surface area contributed by atoms with Crippen molar-refractivity contribution in [2.75, 3.05) is 33.3 Å². The smallest absolute Gasteiger partial charge is 0.193 e. The van der Waals surface area contributed by atoms with E-state index in [4.69, 9.17) is 4.74 Å². The number of hydrogen-bond acceptors (Lipinski definition) is 2. The Morgan fingerprint density at radius 3 is 2.75 bits per heavy atom. The summed E-state index contributed by atoms with van der Waals surface area (Å²) < 4.78 is 5.66. The standard InChI is InChI=1S/C15H27N3O.HI/c1-16-14(17-9-5-13-4-2-11-19-13)18-10-8-15(12-18)6-3-7-15;/h13H,2-12H2,1H3,(H,16,17);1H. The zero-order valence-corrected chi connectivity index (χ0v) is 14.9. The van der Waals surface area contributed by atoms with Crippen LogP contribution in [0.1, 0.15) is 44.9 Å². The van der Waals surface area contributed by atoms with Crippen LogP contribution in [0.15, 0.2) is 4.99 Å². The van der Waals surface area contributed by atoms with Gasteiger partial charge in [0.1, 0.15) is 0 Å². The Morgan fingerprint density at radius 2 is 2.20 bits per heavy atom. The SMILES string of the molecule is CN=C(NCCC1CCCO1)N1CCC2(CCC2)C1.I. The van der Waals surface area contributed by atoms with E-state index in [1.165, 1.54) is 51.6 Å². The Balaban J connectivity index is 0.00000147. The minimum atomic E-state index is 0. The summed E-state index contributed by atoms with van der Waals surface area (Å²) in [5, 5.41) is 3.52. The molecule has 20 heavy (non-hydrogen) atoms. The predicted molar refractivity (Wildman–Crippen MR) is 92.8 cm³/mol. The molecule has 1 spiro atoms. The van der Waals surface area contributed by atoms with Gasteiger partial charge in [0.05, 0.1) is 6.10 Å². The number of nitrogens with zero attached hydrogens (tertiary/aromatic N) is 2. The molecule has 5 heteroatoms. The van der Waals surface area contributed by atoms with Crippen LogP contribution in [0, 0.1) is 5.41 Å². The van der Waals surface area contributed by atoms with Gasteiger partial charge in [0.25, 0.3) is 0 Å². The van der Waals surface area contributed by atoms with Crippen molar-refractivity contribution in [1.29, 1.82) is 0 Å². The molecule has 3 rings (SSSR count). The van der Waals surface area contributed by atoms with Crippen LogP contribution in [-0.4, -0.2) is 50.3 Å². The maximum atomic E-state index is 5.66. The van der Waals surface area contributed by atoms with Gasteiger partial charge in [-0.05, 0) is 43.9 Å². The molecule has 2 saturated heterocycles. The Hall–Kier alpha value is -0.0400. The Labute approximate surface area is 139 Å². The maximum Gasteiger partial charge on any atom is 0.193 e. The van der Waals surface area contributed by atoms with E-state index in [9.17, 15) is 0 Å². The first-order chi connectivity index (χ1) is 9.31. The Morgan fingerprint density at radius 1 is 1.35 bits per heavy atom. The molecule has 0 aromatic rings. The molecular formula is C15H28IN3O. The van der Waals surface area contributed by atoms with Gasteiger partial charge in [0.2, 0.25) is 0 Å². The first-order valence-electron chi connectivity index (χ1n) is 7.89. The predicted octanol–water partition coefficient (Wildman–Crippen LogP) is 2.62. The number of nitrogens with one attached hydrogen (secondary N) is 1. The molecule has 2 aliphatic heterocycles.